The molecule has 4 atom stereocenters. The molecule has 0 spiro atoms. The standard InChI is InChI=1S/C106H102N12O4/c1-9-17-21-63(13-5)99-87-41-33-71(107-87)61-73-35-43-89(109-73)103(67-25-29-69(30-26-67)105(119)120)97-59-51-85(117-97)77(79-45-53-91(99)111-79)39-37-75-81-47-55-93(113-81)101(65(15-7)23-19-11-3)95-57-49-83(115-95)76(84-50-58-96(116-84)102(66(16-8)24-20-12-4)94-56-48-82(75)114-94)38-40-78-80-46-54-92(112-80)100(64(14-6)22-18-10-2)88-42-34-72(108-88)62-74-36-44-90(110-74)104(98-60-52-86(78)118-98)68-27-31-70(32-28-68)106(121)122/h25-36,41-66,109-113,116H,9-24H2,1-8H3,(H,119,120)(H,121,122). The number of aromatic nitrogens is 12. The van der Waals surface area contributed by atoms with Crippen molar-refractivity contribution < 1.29 is 19.8 Å². The number of benzene rings is 2. The largest absolute Gasteiger partial charge is 0.478 e. The maximum atomic E-state index is 12.3. The molecule has 0 aliphatic carbocycles. The van der Waals surface area contributed by atoms with Crippen LogP contribution >= 0.6 is 0 Å². The van der Waals surface area contributed by atoms with Crippen LogP contribution in [-0.2, 0) is 0 Å². The van der Waals surface area contributed by atoms with Gasteiger partial charge in [0.1, 0.15) is 0 Å². The highest BCUT2D eigenvalue weighted by molar-refractivity contribution is 5.98. The Kier molecular flexibility index (Phi) is 23.6. The number of unbranched alkanes of at least 4 members (excludes halogenated alkanes) is 4. The number of aromatic amines is 6. The van der Waals surface area contributed by atoms with Crippen molar-refractivity contribution >= 4 is 151 Å². The van der Waals surface area contributed by atoms with Crippen LogP contribution in [-0.4, -0.2) is 82.0 Å². The normalized spacial score (nSPS) is 13.4. The molecular weight excluding hydrogens is 1510 g/mol. The fourth-order valence-corrected chi connectivity index (χ4v) is 18.2. The van der Waals surface area contributed by atoms with Crippen LogP contribution in [0.1, 0.15) is 315 Å². The first-order valence-electron chi connectivity index (χ1n) is 43.8. The molecule has 8 N–H and O–H groups in total. The summed E-state index contributed by atoms with van der Waals surface area (Å²) in [5.41, 5.74) is 30.6. The summed E-state index contributed by atoms with van der Waals surface area (Å²) in [6.45, 7) is 18.1. The predicted molar refractivity (Wildman–Crippen MR) is 504 cm³/mol. The third-order valence-corrected chi connectivity index (χ3v) is 24.8. The van der Waals surface area contributed by atoms with E-state index in [4.69, 9.17) is 29.9 Å². The van der Waals surface area contributed by atoms with Crippen LogP contribution in [0.3, 0.4) is 0 Å². The zero-order valence-corrected chi connectivity index (χ0v) is 70.6. The van der Waals surface area contributed by atoms with Gasteiger partial charge in [-0.2, -0.15) is 0 Å². The second kappa shape index (κ2) is 35.7. The number of hydrogen-bond donors (Lipinski definition) is 8. The van der Waals surface area contributed by atoms with E-state index in [9.17, 15) is 19.8 Å². The highest BCUT2D eigenvalue weighted by Gasteiger charge is 2.27. The number of nitrogens with one attached hydrogen (secondary N) is 6. The summed E-state index contributed by atoms with van der Waals surface area (Å²) in [5, 5.41) is 20.1. The van der Waals surface area contributed by atoms with Gasteiger partial charge in [-0.1, -0.05) is 155 Å². The van der Waals surface area contributed by atoms with E-state index in [0.717, 1.165) is 248 Å². The summed E-state index contributed by atoms with van der Waals surface area (Å²) in [6.07, 6.45) is 41.1. The Morgan fingerprint density at radius 2 is 0.541 bits per heavy atom. The number of fused-ring (bicyclic) bond motifs is 24. The zero-order valence-electron chi connectivity index (χ0n) is 70.6. The Labute approximate surface area is 711 Å². The molecule has 610 valence electrons. The van der Waals surface area contributed by atoms with Crippen LogP contribution in [0.15, 0.2) is 133 Å². The van der Waals surface area contributed by atoms with Gasteiger partial charge >= 0.3 is 11.9 Å². The number of carboxylic acid groups (broad SMARTS) is 2. The molecular formula is C106H102N12O4. The maximum Gasteiger partial charge on any atom is 0.335 e. The molecule has 17 rings (SSSR count). The molecule has 6 aliphatic rings. The van der Waals surface area contributed by atoms with Crippen molar-refractivity contribution in [2.75, 3.05) is 0 Å². The van der Waals surface area contributed by atoms with Crippen molar-refractivity contribution in [2.45, 2.75) is 182 Å². The van der Waals surface area contributed by atoms with Gasteiger partial charge < -0.3 is 40.1 Å². The second-order valence-corrected chi connectivity index (χ2v) is 32.6. The van der Waals surface area contributed by atoms with Crippen molar-refractivity contribution in [1.82, 2.24) is 59.8 Å². The first-order valence-corrected chi connectivity index (χ1v) is 43.8. The first kappa shape index (κ1) is 80.7. The molecule has 16 nitrogen and oxygen atoms in total. The number of rotatable bonds is 24. The van der Waals surface area contributed by atoms with E-state index < -0.39 is 11.9 Å². The molecule has 2 aromatic carbocycles. The summed E-state index contributed by atoms with van der Waals surface area (Å²) < 4.78 is 0. The number of carboxylic acids is 2. The van der Waals surface area contributed by atoms with Crippen molar-refractivity contribution in [3.05, 3.63) is 257 Å². The van der Waals surface area contributed by atoms with E-state index in [1.165, 1.54) is 0 Å². The van der Waals surface area contributed by atoms with E-state index in [1.54, 1.807) is 24.3 Å². The minimum Gasteiger partial charge on any atom is -0.478 e. The number of aromatic carboxylic acids is 2. The molecule has 9 aromatic heterocycles. The molecule has 0 saturated carbocycles. The van der Waals surface area contributed by atoms with Gasteiger partial charge in [0.15, 0.2) is 0 Å². The van der Waals surface area contributed by atoms with Gasteiger partial charge in [-0.25, -0.2) is 39.5 Å². The lowest BCUT2D eigenvalue weighted by Crippen LogP contribution is -2.02. The summed E-state index contributed by atoms with van der Waals surface area (Å²) in [5.74, 6) is 14.0. The lowest BCUT2D eigenvalue weighted by Gasteiger charge is -2.16. The molecule has 11 aromatic rings. The average molecular weight is 1610 g/mol. The van der Waals surface area contributed by atoms with Crippen LogP contribution < -0.4 is 0 Å². The van der Waals surface area contributed by atoms with E-state index in [0.29, 0.717) is 56.4 Å². The number of nitrogens with zero attached hydrogens (tertiary/aromatic N) is 6. The SMILES string of the molecule is CCCCC(CC)c1c2nc(cc3ccc([nH]3)c(-c3ccc(C(=O)O)cc3)c3nc(c(C#Cc4c5nc(c(C(CC)CCCC)c6ccc([nH]6)c(C#Cc6c7nc(c(-c8ccc(C(=O)O)cc8)c8ccc(cc9nc(c(C(CC)CCCC)c%10ccc6[nH]%10)C=C9)[nH]8)C=C7)c6nc(c(C(CC)CCCC)c7ccc4[nH]7)C=C6)C=C5)c4ccc1[nH]4)C=C3)C=C2. The molecule has 24 bridgehead atoms. The molecule has 0 radical (unpaired) electrons. The minimum absolute atomic E-state index is 0.110. The first-order chi connectivity index (χ1) is 59.7. The second-order valence-electron chi connectivity index (χ2n) is 32.6. The van der Waals surface area contributed by atoms with Crippen molar-refractivity contribution in [3.8, 4) is 45.9 Å². The van der Waals surface area contributed by atoms with Crippen molar-refractivity contribution in [3.63, 3.8) is 0 Å². The lowest BCUT2D eigenvalue weighted by molar-refractivity contribution is 0.0686. The fraction of sp³-hybridized carbons (Fsp3) is 0.264. The predicted octanol–water partition coefficient (Wildman–Crippen LogP) is 26.9. The number of carbonyl (C=O) groups is 2. The summed E-state index contributed by atoms with van der Waals surface area (Å²) in [4.78, 5) is 81.3. The van der Waals surface area contributed by atoms with Crippen LogP contribution in [0.25, 0.3) is 161 Å². The average Bonchev–Trinajstić information content (AvgIpc) is 1.64. The van der Waals surface area contributed by atoms with E-state index >= 15 is 0 Å². The molecule has 15 heterocycles. The van der Waals surface area contributed by atoms with E-state index in [-0.39, 0.29) is 34.8 Å². The van der Waals surface area contributed by atoms with E-state index in [1.807, 2.05) is 48.6 Å². The lowest BCUT2D eigenvalue weighted by atomic mass is 9.90. The topological polar surface area (TPSA) is 247 Å². The van der Waals surface area contributed by atoms with Gasteiger partial charge in [0.05, 0.1) is 124 Å². The highest BCUT2D eigenvalue weighted by Crippen LogP contribution is 2.42. The van der Waals surface area contributed by atoms with Gasteiger partial charge in [0.2, 0.25) is 0 Å². The van der Waals surface area contributed by atoms with Crippen LogP contribution in [0.2, 0.25) is 0 Å². The van der Waals surface area contributed by atoms with Gasteiger partial charge in [-0.05, 0) is 268 Å². The Hall–Kier alpha value is -13.7. The van der Waals surface area contributed by atoms with Crippen LogP contribution in [0.5, 0.6) is 0 Å². The molecule has 6 aliphatic heterocycles. The van der Waals surface area contributed by atoms with E-state index in [2.05, 4.69) is 243 Å². The summed E-state index contributed by atoms with van der Waals surface area (Å²) in [7, 11) is 0. The molecule has 0 fully saturated rings. The zero-order chi connectivity index (χ0) is 84.1. The van der Waals surface area contributed by atoms with Crippen LogP contribution in [0.4, 0.5) is 0 Å². The summed E-state index contributed by atoms with van der Waals surface area (Å²) in [6, 6.07) is 43.7. The Bertz CT molecular complexity index is 6460. The number of hydrogen-bond acceptors (Lipinski definition) is 8. The number of H-pyrrole nitrogens is 6. The van der Waals surface area contributed by atoms with Crippen molar-refractivity contribution in [1.29, 1.82) is 0 Å². The minimum atomic E-state index is -1.00. The maximum absolute atomic E-state index is 12.3. The molecule has 0 amide bonds. The Morgan fingerprint density at radius 1 is 0.287 bits per heavy atom. The third kappa shape index (κ3) is 16.4. The fourth-order valence-electron chi connectivity index (χ4n) is 18.2. The monoisotopic (exact) mass is 1610 g/mol. The van der Waals surface area contributed by atoms with Gasteiger partial charge in [-0.15, -0.1) is 0 Å². The quantitative estimate of drug-likeness (QED) is 0.0266. The smallest absolute Gasteiger partial charge is 0.335 e. The molecule has 122 heavy (non-hydrogen) atoms. The molecule has 16 heteroatoms. The van der Waals surface area contributed by atoms with Crippen molar-refractivity contribution in [2.24, 2.45) is 0 Å². The molecule has 4 unspecified atom stereocenters. The summed E-state index contributed by atoms with van der Waals surface area (Å²) >= 11 is 0. The Morgan fingerprint density at radius 3 is 0.828 bits per heavy atom. The Balaban J connectivity index is 0.931. The third-order valence-electron chi connectivity index (χ3n) is 24.8. The molecule has 0 saturated heterocycles. The van der Waals surface area contributed by atoms with Crippen LogP contribution in [0, 0.1) is 23.7 Å². The highest BCUT2D eigenvalue weighted by atomic mass is 16.4. The van der Waals surface area contributed by atoms with Gasteiger partial charge in [0, 0.05) is 77.5 Å². The van der Waals surface area contributed by atoms with Gasteiger partial charge in [0.25, 0.3) is 0 Å². The van der Waals surface area contributed by atoms with Gasteiger partial charge in [-0.3, -0.25) is 0 Å².